The van der Waals surface area contributed by atoms with E-state index in [-0.39, 0.29) is 6.79 Å². The first-order valence-electron chi connectivity index (χ1n) is 5.63. The summed E-state index contributed by atoms with van der Waals surface area (Å²) in [6, 6.07) is 5.49. The third-order valence-electron chi connectivity index (χ3n) is 2.64. The standard InChI is InChI=1S/C12H14BrNO4/c13-4-1-5-14(12(15)16)7-9-2-3-10-11(6-9)18-8-17-10/h2-3,6H,1,4-5,7-8H2,(H,15,16). The van der Waals surface area contributed by atoms with E-state index in [1.165, 1.54) is 4.90 Å². The highest BCUT2D eigenvalue weighted by molar-refractivity contribution is 9.09. The van der Waals surface area contributed by atoms with Crippen molar-refractivity contribution < 1.29 is 19.4 Å². The van der Waals surface area contributed by atoms with Crippen LogP contribution in [0, 0.1) is 0 Å². The monoisotopic (exact) mass is 315 g/mol. The zero-order valence-electron chi connectivity index (χ0n) is 9.76. The van der Waals surface area contributed by atoms with Gasteiger partial charge in [-0.15, -0.1) is 0 Å². The summed E-state index contributed by atoms with van der Waals surface area (Å²) in [6.45, 7) is 1.10. The van der Waals surface area contributed by atoms with Crippen LogP contribution < -0.4 is 9.47 Å². The van der Waals surface area contributed by atoms with Gasteiger partial charge in [-0.05, 0) is 24.1 Å². The van der Waals surface area contributed by atoms with E-state index in [9.17, 15) is 4.79 Å². The molecule has 0 saturated carbocycles. The summed E-state index contributed by atoms with van der Waals surface area (Å²) in [5.74, 6) is 1.39. The van der Waals surface area contributed by atoms with Gasteiger partial charge in [0.15, 0.2) is 11.5 Å². The molecule has 1 aliphatic heterocycles. The Labute approximate surface area is 113 Å². The summed E-state index contributed by atoms with van der Waals surface area (Å²) in [4.78, 5) is 12.5. The van der Waals surface area contributed by atoms with Crippen molar-refractivity contribution in [2.75, 3.05) is 18.7 Å². The Morgan fingerprint density at radius 1 is 1.39 bits per heavy atom. The second-order valence-corrected chi connectivity index (χ2v) is 4.73. The SMILES string of the molecule is O=C(O)N(CCCBr)Cc1ccc2c(c1)OCO2. The van der Waals surface area contributed by atoms with Crippen molar-refractivity contribution in [2.45, 2.75) is 13.0 Å². The molecule has 1 aliphatic rings. The second kappa shape index (κ2) is 5.95. The van der Waals surface area contributed by atoms with Crippen molar-refractivity contribution in [1.29, 1.82) is 0 Å². The van der Waals surface area contributed by atoms with Crippen LogP contribution in [0.5, 0.6) is 11.5 Å². The van der Waals surface area contributed by atoms with E-state index >= 15 is 0 Å². The molecular formula is C12H14BrNO4. The van der Waals surface area contributed by atoms with Crippen molar-refractivity contribution in [2.24, 2.45) is 0 Å². The maximum atomic E-state index is 11.1. The Balaban J connectivity index is 2.04. The largest absolute Gasteiger partial charge is 0.465 e. The van der Waals surface area contributed by atoms with Crippen LogP contribution in [0.3, 0.4) is 0 Å². The summed E-state index contributed by atoms with van der Waals surface area (Å²) < 4.78 is 10.5. The molecule has 98 valence electrons. The summed E-state index contributed by atoms with van der Waals surface area (Å²) in [6.07, 6.45) is -0.120. The third kappa shape index (κ3) is 3.07. The van der Waals surface area contributed by atoms with Crippen LogP contribution >= 0.6 is 15.9 Å². The number of benzene rings is 1. The normalized spacial score (nSPS) is 12.5. The Morgan fingerprint density at radius 3 is 2.89 bits per heavy atom. The maximum absolute atomic E-state index is 11.1. The van der Waals surface area contributed by atoms with Crippen LogP contribution in [0.2, 0.25) is 0 Å². The minimum Gasteiger partial charge on any atom is -0.465 e. The van der Waals surface area contributed by atoms with Crippen LogP contribution in [-0.2, 0) is 6.54 Å². The van der Waals surface area contributed by atoms with E-state index in [1.54, 1.807) is 0 Å². The molecule has 5 nitrogen and oxygen atoms in total. The van der Waals surface area contributed by atoms with Gasteiger partial charge in [-0.1, -0.05) is 22.0 Å². The number of carbonyl (C=O) groups is 1. The summed E-state index contributed by atoms with van der Waals surface area (Å²) in [7, 11) is 0. The van der Waals surface area contributed by atoms with Gasteiger partial charge in [0.2, 0.25) is 6.79 Å². The molecule has 0 spiro atoms. The average molecular weight is 316 g/mol. The Kier molecular flexibility index (Phi) is 4.30. The lowest BCUT2D eigenvalue weighted by Crippen LogP contribution is -2.30. The molecule has 2 rings (SSSR count). The number of rotatable bonds is 5. The Morgan fingerprint density at radius 2 is 2.17 bits per heavy atom. The molecule has 18 heavy (non-hydrogen) atoms. The molecule has 1 amide bonds. The fraction of sp³-hybridized carbons (Fsp3) is 0.417. The predicted molar refractivity (Wildman–Crippen MR) is 69.4 cm³/mol. The number of fused-ring (bicyclic) bond motifs is 1. The highest BCUT2D eigenvalue weighted by Crippen LogP contribution is 2.32. The number of hydrogen-bond acceptors (Lipinski definition) is 3. The van der Waals surface area contributed by atoms with E-state index < -0.39 is 6.09 Å². The highest BCUT2D eigenvalue weighted by Gasteiger charge is 2.16. The maximum Gasteiger partial charge on any atom is 0.407 e. The first kappa shape index (κ1) is 13.0. The van der Waals surface area contributed by atoms with Crippen molar-refractivity contribution in [3.63, 3.8) is 0 Å². The molecule has 0 unspecified atom stereocenters. The number of carboxylic acid groups (broad SMARTS) is 1. The van der Waals surface area contributed by atoms with Gasteiger partial charge in [0.1, 0.15) is 0 Å². The van der Waals surface area contributed by atoms with E-state index in [2.05, 4.69) is 15.9 Å². The second-order valence-electron chi connectivity index (χ2n) is 3.93. The molecule has 6 heteroatoms. The van der Waals surface area contributed by atoms with Crippen LogP contribution in [-0.4, -0.2) is 34.8 Å². The lowest BCUT2D eigenvalue weighted by Gasteiger charge is -2.18. The van der Waals surface area contributed by atoms with Crippen LogP contribution in [0.4, 0.5) is 4.79 Å². The van der Waals surface area contributed by atoms with Crippen molar-refractivity contribution in [1.82, 2.24) is 4.90 Å². The van der Waals surface area contributed by atoms with Crippen molar-refractivity contribution in [3.05, 3.63) is 23.8 Å². The Bertz CT molecular complexity index is 438. The molecule has 1 aromatic rings. The van der Waals surface area contributed by atoms with Crippen LogP contribution in [0.25, 0.3) is 0 Å². The number of ether oxygens (including phenoxy) is 2. The molecule has 1 aromatic carbocycles. The molecule has 1 N–H and O–H groups in total. The molecular weight excluding hydrogens is 302 g/mol. The minimum atomic E-state index is -0.909. The zero-order chi connectivity index (χ0) is 13.0. The van der Waals surface area contributed by atoms with Crippen LogP contribution in [0.15, 0.2) is 18.2 Å². The van der Waals surface area contributed by atoms with Gasteiger partial charge < -0.3 is 19.5 Å². The molecule has 1 heterocycles. The summed E-state index contributed by atoms with van der Waals surface area (Å²) in [5, 5.41) is 9.90. The first-order valence-corrected chi connectivity index (χ1v) is 6.75. The van der Waals surface area contributed by atoms with Gasteiger partial charge in [0, 0.05) is 18.4 Å². The molecule has 0 atom stereocenters. The van der Waals surface area contributed by atoms with E-state index in [0.29, 0.717) is 24.6 Å². The van der Waals surface area contributed by atoms with Gasteiger partial charge in [0.05, 0.1) is 0 Å². The van der Waals surface area contributed by atoms with Crippen molar-refractivity contribution >= 4 is 22.0 Å². The molecule has 0 fully saturated rings. The molecule has 0 bridgehead atoms. The quantitative estimate of drug-likeness (QED) is 0.849. The van der Waals surface area contributed by atoms with Gasteiger partial charge in [-0.3, -0.25) is 0 Å². The van der Waals surface area contributed by atoms with E-state index in [1.807, 2.05) is 18.2 Å². The van der Waals surface area contributed by atoms with Crippen LogP contribution in [0.1, 0.15) is 12.0 Å². The number of nitrogens with zero attached hydrogens (tertiary/aromatic N) is 1. The zero-order valence-corrected chi connectivity index (χ0v) is 11.4. The molecule has 0 radical (unpaired) electrons. The summed E-state index contributed by atoms with van der Waals surface area (Å²) >= 11 is 3.30. The number of hydrogen-bond donors (Lipinski definition) is 1. The summed E-state index contributed by atoms with van der Waals surface area (Å²) in [5.41, 5.74) is 0.899. The molecule has 0 aromatic heterocycles. The molecule has 0 aliphatic carbocycles. The van der Waals surface area contributed by atoms with E-state index in [0.717, 1.165) is 17.3 Å². The predicted octanol–water partition coefficient (Wildman–Crippen LogP) is 2.68. The lowest BCUT2D eigenvalue weighted by molar-refractivity contribution is 0.142. The highest BCUT2D eigenvalue weighted by atomic mass is 79.9. The van der Waals surface area contributed by atoms with Gasteiger partial charge in [-0.25, -0.2) is 4.79 Å². The lowest BCUT2D eigenvalue weighted by atomic mass is 10.2. The average Bonchev–Trinajstić information content (AvgIpc) is 2.81. The van der Waals surface area contributed by atoms with Crippen molar-refractivity contribution in [3.8, 4) is 11.5 Å². The third-order valence-corrected chi connectivity index (χ3v) is 3.20. The fourth-order valence-electron chi connectivity index (χ4n) is 1.75. The van der Waals surface area contributed by atoms with Gasteiger partial charge >= 0.3 is 6.09 Å². The topological polar surface area (TPSA) is 59.0 Å². The first-order chi connectivity index (χ1) is 8.70. The van der Waals surface area contributed by atoms with Gasteiger partial charge in [-0.2, -0.15) is 0 Å². The number of alkyl halides is 1. The number of halogens is 1. The smallest absolute Gasteiger partial charge is 0.407 e. The number of amides is 1. The Hall–Kier alpha value is -1.43. The molecule has 0 saturated heterocycles. The fourth-order valence-corrected chi connectivity index (χ4v) is 2.00. The minimum absolute atomic E-state index is 0.227. The van der Waals surface area contributed by atoms with Gasteiger partial charge in [0.25, 0.3) is 0 Å². The van der Waals surface area contributed by atoms with E-state index in [4.69, 9.17) is 14.6 Å².